The molecule has 1 aromatic carbocycles. The van der Waals surface area contributed by atoms with E-state index < -0.39 is 23.4 Å². The van der Waals surface area contributed by atoms with Gasteiger partial charge in [-0.2, -0.15) is 13.2 Å². The van der Waals surface area contributed by atoms with Crippen LogP contribution in [0.4, 0.5) is 27.8 Å². The fourth-order valence-electron chi connectivity index (χ4n) is 5.85. The fourth-order valence-corrected chi connectivity index (χ4v) is 6.97. The molecule has 2 aliphatic heterocycles. The smallest absolute Gasteiger partial charge is 0.416 e. The zero-order chi connectivity index (χ0) is 32.3. The van der Waals surface area contributed by atoms with Gasteiger partial charge in [0.25, 0.3) is 0 Å². The van der Waals surface area contributed by atoms with Crippen LogP contribution in [0.25, 0.3) is 11.3 Å². The van der Waals surface area contributed by atoms with Crippen molar-refractivity contribution in [3.05, 3.63) is 56.8 Å². The Bertz CT molecular complexity index is 1510. The van der Waals surface area contributed by atoms with Crippen LogP contribution >= 0.6 is 11.3 Å². The van der Waals surface area contributed by atoms with Gasteiger partial charge in [-0.05, 0) is 58.4 Å². The number of carbonyl (C=O) groups excluding carboxylic acids is 1. The summed E-state index contributed by atoms with van der Waals surface area (Å²) in [6.45, 7) is 10.00. The molecule has 14 heteroatoms. The monoisotopic (exact) mass is 652 g/mol. The minimum absolute atomic E-state index is 0.0103. The van der Waals surface area contributed by atoms with Crippen LogP contribution in [-0.2, 0) is 28.7 Å². The molecule has 0 bridgehead atoms. The standard InChI is InChI=1S/C31H37F5N6O2S/c1-4-44-27(43)7-9-40-10-12-41(13-11-40)30-28(33)24(37-20(3)38-30)17-26-39-29(25(45-26)18-42-8-5-6-19(42)2)21-14-22(31(34,35)36)16-23(32)15-21/h14-16,19H,4-13,17-18H2,1-3H3/t19-/m1/s1. The van der Waals surface area contributed by atoms with Crippen molar-refractivity contribution in [2.45, 2.75) is 65.2 Å². The molecule has 0 aliphatic carbocycles. The van der Waals surface area contributed by atoms with Crippen molar-refractivity contribution in [1.82, 2.24) is 24.8 Å². The van der Waals surface area contributed by atoms with Crippen LogP contribution in [0.3, 0.4) is 0 Å². The van der Waals surface area contributed by atoms with Gasteiger partial charge in [0.1, 0.15) is 11.6 Å². The van der Waals surface area contributed by atoms with Crippen LogP contribution in [-0.4, -0.2) is 82.6 Å². The first-order valence-electron chi connectivity index (χ1n) is 15.2. The van der Waals surface area contributed by atoms with E-state index in [0.29, 0.717) is 74.1 Å². The Kier molecular flexibility index (Phi) is 10.3. The summed E-state index contributed by atoms with van der Waals surface area (Å²) >= 11 is 1.28. The minimum Gasteiger partial charge on any atom is -0.466 e. The van der Waals surface area contributed by atoms with E-state index in [9.17, 15) is 22.4 Å². The zero-order valence-electron chi connectivity index (χ0n) is 25.6. The predicted octanol–water partition coefficient (Wildman–Crippen LogP) is 5.86. The number of halogens is 5. The third kappa shape index (κ3) is 8.14. The number of nitrogens with zero attached hydrogens (tertiary/aromatic N) is 6. The number of anilines is 1. The fraction of sp³-hybridized carbons (Fsp3) is 0.548. The van der Waals surface area contributed by atoms with E-state index >= 15 is 4.39 Å². The van der Waals surface area contributed by atoms with Gasteiger partial charge >= 0.3 is 12.1 Å². The summed E-state index contributed by atoms with van der Waals surface area (Å²) in [5.74, 6) is -1.25. The SMILES string of the molecule is CCOC(=O)CCN1CCN(c2nc(C)nc(Cc3nc(-c4cc(F)cc(C(F)(F)F)c4)c(CN4CCC[C@H]4C)s3)c2F)CC1. The summed E-state index contributed by atoms with van der Waals surface area (Å²) in [5.41, 5.74) is -0.647. The van der Waals surface area contributed by atoms with Crippen molar-refractivity contribution in [2.24, 2.45) is 0 Å². The molecule has 0 saturated carbocycles. The highest BCUT2D eigenvalue weighted by Gasteiger charge is 2.33. The van der Waals surface area contributed by atoms with E-state index in [-0.39, 0.29) is 41.2 Å². The van der Waals surface area contributed by atoms with Crippen molar-refractivity contribution in [1.29, 1.82) is 0 Å². The van der Waals surface area contributed by atoms with Crippen LogP contribution in [0.1, 0.15) is 60.1 Å². The Labute approximate surface area is 263 Å². The molecule has 3 aromatic rings. The Hall–Kier alpha value is -3.23. The molecule has 5 rings (SSSR count). The molecule has 0 N–H and O–H groups in total. The molecule has 244 valence electrons. The molecule has 0 spiro atoms. The number of hydrogen-bond donors (Lipinski definition) is 0. The van der Waals surface area contributed by atoms with Gasteiger partial charge in [0.2, 0.25) is 0 Å². The van der Waals surface area contributed by atoms with E-state index in [4.69, 9.17) is 4.74 Å². The first kappa shape index (κ1) is 33.1. The molecular formula is C31H37F5N6O2S. The second-order valence-corrected chi connectivity index (χ2v) is 12.7. The molecule has 0 unspecified atom stereocenters. The van der Waals surface area contributed by atoms with Crippen LogP contribution in [0.2, 0.25) is 0 Å². The molecule has 8 nitrogen and oxygen atoms in total. The predicted molar refractivity (Wildman–Crippen MR) is 161 cm³/mol. The lowest BCUT2D eigenvalue weighted by molar-refractivity contribution is -0.143. The van der Waals surface area contributed by atoms with Gasteiger partial charge in [0.15, 0.2) is 11.6 Å². The molecule has 0 amide bonds. The Morgan fingerprint density at radius 2 is 1.82 bits per heavy atom. The number of esters is 1. The van der Waals surface area contributed by atoms with Gasteiger partial charge in [0, 0.05) is 62.2 Å². The Morgan fingerprint density at radius 3 is 2.49 bits per heavy atom. The van der Waals surface area contributed by atoms with Crippen LogP contribution in [0.5, 0.6) is 0 Å². The molecular weight excluding hydrogens is 615 g/mol. The first-order valence-corrected chi connectivity index (χ1v) is 16.0. The maximum atomic E-state index is 16.0. The summed E-state index contributed by atoms with van der Waals surface area (Å²) in [6, 6.07) is 2.74. The number of hydrogen-bond acceptors (Lipinski definition) is 9. The van der Waals surface area contributed by atoms with Crippen molar-refractivity contribution >= 4 is 23.1 Å². The summed E-state index contributed by atoms with van der Waals surface area (Å²) in [4.78, 5) is 32.0. The highest BCUT2D eigenvalue weighted by Crippen LogP contribution is 2.37. The summed E-state index contributed by atoms with van der Waals surface area (Å²) in [7, 11) is 0. The third-order valence-corrected chi connectivity index (χ3v) is 9.26. The molecule has 2 aliphatic rings. The van der Waals surface area contributed by atoms with E-state index in [1.54, 1.807) is 13.8 Å². The summed E-state index contributed by atoms with van der Waals surface area (Å²) in [6.07, 6.45) is -2.40. The number of alkyl halides is 3. The number of rotatable bonds is 10. The lowest BCUT2D eigenvalue weighted by Gasteiger charge is -2.35. The van der Waals surface area contributed by atoms with Crippen molar-refractivity contribution in [3.8, 4) is 11.3 Å². The molecule has 2 fully saturated rings. The third-order valence-electron chi connectivity index (χ3n) is 8.22. The molecule has 45 heavy (non-hydrogen) atoms. The molecule has 2 saturated heterocycles. The van der Waals surface area contributed by atoms with Crippen molar-refractivity contribution < 1.29 is 31.5 Å². The Morgan fingerprint density at radius 1 is 1.07 bits per heavy atom. The van der Waals surface area contributed by atoms with E-state index in [0.717, 1.165) is 31.5 Å². The van der Waals surface area contributed by atoms with Crippen LogP contribution < -0.4 is 4.90 Å². The molecule has 2 aromatic heterocycles. The lowest BCUT2D eigenvalue weighted by atomic mass is 10.1. The number of aromatic nitrogens is 3. The molecule has 0 radical (unpaired) electrons. The zero-order valence-corrected chi connectivity index (χ0v) is 26.4. The quantitative estimate of drug-likeness (QED) is 0.199. The minimum atomic E-state index is -4.72. The average molecular weight is 653 g/mol. The summed E-state index contributed by atoms with van der Waals surface area (Å²) in [5, 5.41) is 0.469. The number of aryl methyl sites for hydroxylation is 1. The first-order chi connectivity index (χ1) is 21.4. The molecule has 4 heterocycles. The Balaban J connectivity index is 1.39. The van der Waals surface area contributed by atoms with Gasteiger partial charge < -0.3 is 9.64 Å². The van der Waals surface area contributed by atoms with E-state index in [1.807, 2.05) is 4.90 Å². The molecule has 1 atom stereocenters. The lowest BCUT2D eigenvalue weighted by Crippen LogP contribution is -2.47. The second kappa shape index (κ2) is 14.0. The van der Waals surface area contributed by atoms with Crippen LogP contribution in [0.15, 0.2) is 18.2 Å². The van der Waals surface area contributed by atoms with Gasteiger partial charge in [-0.1, -0.05) is 0 Å². The normalized spacial score (nSPS) is 18.1. The number of ether oxygens (including phenoxy) is 1. The number of piperazine rings is 1. The second-order valence-electron chi connectivity index (χ2n) is 11.5. The van der Waals surface area contributed by atoms with Gasteiger partial charge in [-0.3, -0.25) is 14.6 Å². The van der Waals surface area contributed by atoms with E-state index in [1.165, 1.54) is 11.3 Å². The van der Waals surface area contributed by atoms with Gasteiger partial charge in [0.05, 0.1) is 35.0 Å². The highest BCUT2D eigenvalue weighted by molar-refractivity contribution is 7.12. The topological polar surface area (TPSA) is 74.7 Å². The number of benzene rings is 1. The van der Waals surface area contributed by atoms with Gasteiger partial charge in [-0.25, -0.2) is 23.7 Å². The average Bonchev–Trinajstić information content (AvgIpc) is 3.58. The van der Waals surface area contributed by atoms with Crippen LogP contribution in [0, 0.1) is 18.6 Å². The number of thiazole rings is 1. The highest BCUT2D eigenvalue weighted by atomic mass is 32.1. The number of carbonyl (C=O) groups is 1. The number of likely N-dealkylation sites (tertiary alicyclic amines) is 1. The largest absolute Gasteiger partial charge is 0.466 e. The summed E-state index contributed by atoms with van der Waals surface area (Å²) < 4.78 is 76.0. The maximum Gasteiger partial charge on any atom is 0.416 e. The van der Waals surface area contributed by atoms with E-state index in [2.05, 4.69) is 31.7 Å². The maximum absolute atomic E-state index is 16.0. The van der Waals surface area contributed by atoms with Crippen molar-refractivity contribution in [3.63, 3.8) is 0 Å². The van der Waals surface area contributed by atoms with Gasteiger partial charge in [-0.15, -0.1) is 11.3 Å². The van der Waals surface area contributed by atoms with Crippen molar-refractivity contribution in [2.75, 3.05) is 50.8 Å².